The van der Waals surface area contributed by atoms with E-state index < -0.39 is 5.97 Å². The Bertz CT molecular complexity index is 859. The summed E-state index contributed by atoms with van der Waals surface area (Å²) >= 11 is 0. The van der Waals surface area contributed by atoms with E-state index in [2.05, 4.69) is 4.99 Å². The van der Waals surface area contributed by atoms with Crippen molar-refractivity contribution >= 4 is 23.6 Å². The molecule has 0 spiro atoms. The fraction of sp³-hybridized carbons (Fsp3) is 0.150. The number of aliphatic imine (C=N–C) groups is 1. The molecule has 0 bridgehead atoms. The second-order valence-electron chi connectivity index (χ2n) is 5.27. The molecule has 126 valence electrons. The lowest BCUT2D eigenvalue weighted by Crippen LogP contribution is -2.11. The van der Waals surface area contributed by atoms with E-state index in [1.54, 1.807) is 43.3 Å². The van der Waals surface area contributed by atoms with Crippen LogP contribution in [0, 0.1) is 18.3 Å². The molecule has 0 aliphatic rings. The maximum atomic E-state index is 12.2. The number of esters is 1. The lowest BCUT2D eigenvalue weighted by atomic mass is 10.1. The van der Waals surface area contributed by atoms with Crippen LogP contribution in [0.15, 0.2) is 59.1 Å². The number of carbonyl (C=O) groups excluding carboxylic acids is 1. The molecule has 5 nitrogen and oxygen atoms in total. The highest BCUT2D eigenvalue weighted by atomic mass is 16.5. The summed E-state index contributed by atoms with van der Waals surface area (Å²) in [6.45, 7) is 3.80. The van der Waals surface area contributed by atoms with E-state index >= 15 is 0 Å². The first-order valence-corrected chi connectivity index (χ1v) is 7.76. The Labute approximate surface area is 146 Å². The van der Waals surface area contributed by atoms with Gasteiger partial charge in [-0.3, -0.25) is 4.99 Å². The molecular weight excluding hydrogens is 316 g/mol. The van der Waals surface area contributed by atoms with Gasteiger partial charge in [-0.15, -0.1) is 0 Å². The number of carbonyl (C=O) groups is 1. The van der Waals surface area contributed by atoms with Gasteiger partial charge in [0.2, 0.25) is 0 Å². The lowest BCUT2D eigenvalue weighted by Gasteiger charge is -2.07. The normalized spacial score (nSPS) is 11.7. The van der Waals surface area contributed by atoms with E-state index in [9.17, 15) is 9.90 Å². The summed E-state index contributed by atoms with van der Waals surface area (Å²) < 4.78 is 5.00. The van der Waals surface area contributed by atoms with Gasteiger partial charge < -0.3 is 9.84 Å². The predicted octanol–water partition coefficient (Wildman–Crippen LogP) is 4.10. The van der Waals surface area contributed by atoms with Crippen LogP contribution in [0.4, 0.5) is 5.69 Å². The minimum absolute atomic E-state index is 0.0481. The Hall–Kier alpha value is -3.39. The molecule has 5 heteroatoms. The molecule has 0 aliphatic heterocycles. The average Bonchev–Trinajstić information content (AvgIpc) is 2.62. The number of hydrogen-bond donors (Lipinski definition) is 1. The van der Waals surface area contributed by atoms with Crippen molar-refractivity contribution in [2.75, 3.05) is 6.61 Å². The first kappa shape index (κ1) is 18.0. The van der Waals surface area contributed by atoms with Gasteiger partial charge in [0, 0.05) is 11.8 Å². The number of ether oxygens (including phenoxy) is 1. The van der Waals surface area contributed by atoms with Crippen LogP contribution in [0.5, 0.6) is 0 Å². The highest BCUT2D eigenvalue weighted by Crippen LogP contribution is 2.19. The van der Waals surface area contributed by atoms with E-state index in [4.69, 9.17) is 10.00 Å². The SMILES string of the molecule is CCOC(=O)/C(C=Nc1cccc(C#N)c1)=C(\O)c1ccc(C)cc1. The largest absolute Gasteiger partial charge is 0.506 e. The number of hydrogen-bond acceptors (Lipinski definition) is 5. The number of benzene rings is 2. The van der Waals surface area contributed by atoms with Crippen LogP contribution in [0.25, 0.3) is 5.76 Å². The highest BCUT2D eigenvalue weighted by molar-refractivity contribution is 6.15. The molecule has 0 heterocycles. The molecule has 25 heavy (non-hydrogen) atoms. The zero-order valence-electron chi connectivity index (χ0n) is 14.1. The third-order valence-corrected chi connectivity index (χ3v) is 3.39. The van der Waals surface area contributed by atoms with Gasteiger partial charge in [0.1, 0.15) is 11.3 Å². The number of aliphatic hydroxyl groups excluding tert-OH is 1. The van der Waals surface area contributed by atoms with Crippen LogP contribution >= 0.6 is 0 Å². The van der Waals surface area contributed by atoms with E-state index in [1.165, 1.54) is 6.21 Å². The predicted molar refractivity (Wildman–Crippen MR) is 96.7 cm³/mol. The molecule has 0 amide bonds. The molecule has 0 saturated heterocycles. The Morgan fingerprint density at radius 1 is 1.28 bits per heavy atom. The Morgan fingerprint density at radius 3 is 2.64 bits per heavy atom. The molecule has 2 aromatic rings. The van der Waals surface area contributed by atoms with Crippen molar-refractivity contribution in [2.24, 2.45) is 4.99 Å². The smallest absolute Gasteiger partial charge is 0.343 e. The first-order valence-electron chi connectivity index (χ1n) is 7.76. The second-order valence-corrected chi connectivity index (χ2v) is 5.27. The highest BCUT2D eigenvalue weighted by Gasteiger charge is 2.16. The van der Waals surface area contributed by atoms with E-state index in [0.717, 1.165) is 5.56 Å². The molecule has 2 aromatic carbocycles. The maximum Gasteiger partial charge on any atom is 0.343 e. The molecule has 2 rings (SSSR count). The summed E-state index contributed by atoms with van der Waals surface area (Å²) in [5.41, 5.74) is 2.44. The number of aliphatic hydroxyl groups is 1. The van der Waals surface area contributed by atoms with Gasteiger partial charge in [0.05, 0.1) is 23.9 Å². The minimum atomic E-state index is -0.666. The summed E-state index contributed by atoms with van der Waals surface area (Å²) in [6.07, 6.45) is 1.25. The molecule has 0 saturated carbocycles. The zero-order chi connectivity index (χ0) is 18.2. The Kier molecular flexibility index (Phi) is 6.08. The van der Waals surface area contributed by atoms with Crippen LogP contribution in [0.1, 0.15) is 23.6 Å². The Balaban J connectivity index is 2.43. The van der Waals surface area contributed by atoms with Gasteiger partial charge in [-0.1, -0.05) is 35.9 Å². The lowest BCUT2D eigenvalue weighted by molar-refractivity contribution is -0.137. The van der Waals surface area contributed by atoms with E-state index in [-0.39, 0.29) is 17.9 Å². The molecule has 0 unspecified atom stereocenters. The van der Waals surface area contributed by atoms with Gasteiger partial charge in [0.15, 0.2) is 0 Å². The third-order valence-electron chi connectivity index (χ3n) is 3.39. The van der Waals surface area contributed by atoms with Crippen molar-refractivity contribution in [1.29, 1.82) is 5.26 Å². The standard InChI is InChI=1S/C20H18N2O3/c1-3-25-20(24)18(19(23)16-9-7-14(2)8-10-16)13-22-17-6-4-5-15(11-17)12-21/h4-11,13,23H,3H2,1-2H3/b19-18-,22-13?. The minimum Gasteiger partial charge on any atom is -0.506 e. The fourth-order valence-corrected chi connectivity index (χ4v) is 2.08. The van der Waals surface area contributed by atoms with Gasteiger partial charge in [-0.2, -0.15) is 5.26 Å². The summed E-state index contributed by atoms with van der Waals surface area (Å²) in [4.78, 5) is 16.4. The van der Waals surface area contributed by atoms with Crippen molar-refractivity contribution in [1.82, 2.24) is 0 Å². The molecule has 0 aromatic heterocycles. The maximum absolute atomic E-state index is 12.2. The summed E-state index contributed by atoms with van der Waals surface area (Å²) in [7, 11) is 0. The Morgan fingerprint density at radius 2 is 2.00 bits per heavy atom. The third kappa shape index (κ3) is 4.79. The summed E-state index contributed by atoms with van der Waals surface area (Å²) in [5.74, 6) is -0.876. The second kappa shape index (κ2) is 8.46. The van der Waals surface area contributed by atoms with E-state index in [0.29, 0.717) is 16.8 Å². The first-order chi connectivity index (χ1) is 12.0. The number of nitrogens with zero attached hydrogens (tertiary/aromatic N) is 2. The van der Waals surface area contributed by atoms with Crippen LogP contribution < -0.4 is 0 Å². The topological polar surface area (TPSA) is 82.7 Å². The zero-order valence-corrected chi connectivity index (χ0v) is 14.1. The number of nitriles is 1. The van der Waals surface area contributed by atoms with Crippen LogP contribution in [-0.2, 0) is 9.53 Å². The molecular formula is C20H18N2O3. The number of aryl methyl sites for hydroxylation is 1. The summed E-state index contributed by atoms with van der Waals surface area (Å²) in [5, 5.41) is 19.4. The van der Waals surface area contributed by atoms with Crippen LogP contribution in [-0.4, -0.2) is 23.9 Å². The van der Waals surface area contributed by atoms with Gasteiger partial charge in [-0.25, -0.2) is 4.79 Å². The fourth-order valence-electron chi connectivity index (χ4n) is 2.08. The van der Waals surface area contributed by atoms with Gasteiger partial charge >= 0.3 is 5.97 Å². The van der Waals surface area contributed by atoms with Crippen LogP contribution in [0.3, 0.4) is 0 Å². The quantitative estimate of drug-likeness (QED) is 0.386. The summed E-state index contributed by atoms with van der Waals surface area (Å²) in [6, 6.07) is 15.8. The van der Waals surface area contributed by atoms with Gasteiger partial charge in [0.25, 0.3) is 0 Å². The van der Waals surface area contributed by atoms with Crippen molar-refractivity contribution < 1.29 is 14.6 Å². The van der Waals surface area contributed by atoms with Gasteiger partial charge in [-0.05, 0) is 32.0 Å². The van der Waals surface area contributed by atoms with Crippen molar-refractivity contribution in [3.8, 4) is 6.07 Å². The monoisotopic (exact) mass is 334 g/mol. The molecule has 0 atom stereocenters. The molecule has 0 radical (unpaired) electrons. The molecule has 0 aliphatic carbocycles. The average molecular weight is 334 g/mol. The number of rotatable bonds is 5. The van der Waals surface area contributed by atoms with Crippen molar-refractivity contribution in [3.63, 3.8) is 0 Å². The van der Waals surface area contributed by atoms with Crippen molar-refractivity contribution in [3.05, 3.63) is 70.8 Å². The van der Waals surface area contributed by atoms with E-state index in [1.807, 2.05) is 25.1 Å². The van der Waals surface area contributed by atoms with Crippen LogP contribution in [0.2, 0.25) is 0 Å². The molecule has 1 N–H and O–H groups in total. The van der Waals surface area contributed by atoms with Crippen molar-refractivity contribution in [2.45, 2.75) is 13.8 Å². The molecule has 0 fully saturated rings.